The third-order valence-corrected chi connectivity index (χ3v) is 2.55. The first-order valence-electron chi connectivity index (χ1n) is 1.24. The molecular weight excluding hydrogens is 155 g/mol. The zero-order valence-electron chi connectivity index (χ0n) is 2.99. The molecule has 0 saturated carbocycles. The molecule has 0 aromatic heterocycles. The van der Waals surface area contributed by atoms with Crippen LogP contribution < -0.4 is 0 Å². The molecule has 1 unspecified atom stereocenters. The lowest BCUT2D eigenvalue weighted by Gasteiger charge is -1.66. The van der Waals surface area contributed by atoms with Gasteiger partial charge in [-0.2, -0.15) is 12.5 Å². The summed E-state index contributed by atoms with van der Waals surface area (Å²) >= 11 is 4.31. The molecule has 0 bridgehead atoms. The fourth-order valence-corrected chi connectivity index (χ4v) is 0. The molecule has 0 heterocycles. The zero-order valence-corrected chi connectivity index (χ0v) is 5.40. The number of halogens is 1. The van der Waals surface area contributed by atoms with Gasteiger partial charge in [-0.1, -0.05) is 15.5 Å². The van der Waals surface area contributed by atoms with Crippen LogP contribution in [0.5, 0.6) is 0 Å². The minimum absolute atomic E-state index is 0.746. The summed E-state index contributed by atoms with van der Waals surface area (Å²) in [5.41, 5.74) is 0.917. The summed E-state index contributed by atoms with van der Waals surface area (Å²) in [5, 5.41) is 0. The summed E-state index contributed by atoms with van der Waals surface area (Å²) < 4.78 is 6.50. The van der Waals surface area contributed by atoms with Gasteiger partial charge < -0.3 is 0 Å². The van der Waals surface area contributed by atoms with Gasteiger partial charge in [0.2, 0.25) is 0 Å². The van der Waals surface area contributed by atoms with Gasteiger partial charge in [-0.05, 0) is 7.28 Å². The largest absolute Gasteiger partial charge is 0.174 e. The van der Waals surface area contributed by atoms with Gasteiger partial charge in [-0.3, -0.25) is 0 Å². The number of hydrogen-bond donors (Lipinski definition) is 1. The third-order valence-electron chi connectivity index (χ3n) is 0.0546. The summed E-state index contributed by atoms with van der Waals surface area (Å²) in [6, 6.07) is 0. The van der Waals surface area contributed by atoms with E-state index in [1.165, 1.54) is 0 Å². The molecule has 0 radical (unpaired) electrons. The van der Waals surface area contributed by atoms with E-state index >= 15 is 0 Å². The molecule has 0 spiro atoms. The van der Waals surface area contributed by atoms with Crippen molar-refractivity contribution < 1.29 is 0 Å². The minimum Gasteiger partial charge on any atom is -0.174 e. The molecule has 0 aliphatic carbocycles. The highest BCUT2D eigenvalue weighted by Crippen LogP contribution is 2.19. The zero-order chi connectivity index (χ0) is 4.12. The Hall–Kier alpha value is 1.26. The number of thiol groups is 1. The monoisotopic (exact) mass is 159 g/mol. The Morgan fingerprint density at radius 2 is 3.25 bits per heavy atom. The van der Waals surface area contributed by atoms with Crippen molar-refractivity contribution in [2.45, 2.75) is 0 Å². The van der Waals surface area contributed by atoms with Gasteiger partial charge in [0.25, 0.3) is 0 Å². The topological polar surface area (TPSA) is 0 Å². The lowest BCUT2D eigenvalue weighted by molar-refractivity contribution is 2.34. The second-order valence-corrected chi connectivity index (χ2v) is 3.38. The lowest BCUT2D eigenvalue weighted by Crippen LogP contribution is -1.30. The van der Waals surface area contributed by atoms with Crippen LogP contribution in [0.3, 0.4) is 0 Å². The highest BCUT2D eigenvalue weighted by molar-refractivity contribution is 9.37. The van der Waals surface area contributed by atoms with Gasteiger partial charge in [-0.15, -0.1) is 0 Å². The van der Waals surface area contributed by atoms with Gasteiger partial charge in [0, 0.05) is 5.49 Å². The summed E-state index contributed by atoms with van der Waals surface area (Å²) in [6.45, 7) is 0. The van der Waals surface area contributed by atoms with Gasteiger partial charge in [-0.25, -0.2) is 0 Å². The average molecular weight is 160 g/mol. The van der Waals surface area contributed by atoms with Crippen molar-refractivity contribution >= 4 is 35.3 Å². The molecule has 0 nitrogen and oxygen atoms in total. The van der Waals surface area contributed by atoms with Crippen LogP contribution in [0.4, 0.5) is 0 Å². The first-order chi connectivity index (χ1) is 2.41. The van der Waals surface area contributed by atoms with E-state index in [1.807, 2.05) is 0 Å². The van der Waals surface area contributed by atoms with E-state index in [1.54, 1.807) is 0 Å². The van der Waals surface area contributed by atoms with Gasteiger partial charge in [0.1, 0.15) is 1.12 Å². The predicted molar refractivity (Wildman–Crippen MR) is 31.1 cm³/mol. The van der Waals surface area contributed by atoms with Crippen molar-refractivity contribution in [3.05, 3.63) is 0 Å². The summed E-state index contributed by atoms with van der Waals surface area (Å²) in [7, 11) is 0.746. The molecule has 26 valence electrons. The van der Waals surface area contributed by atoms with Gasteiger partial charge in [0.05, 0.1) is 0 Å². The Bertz CT molecular complexity index is 19.1. The first-order valence-corrected chi connectivity index (χ1v) is 4.87. The van der Waals surface area contributed by atoms with Crippen LogP contribution in [0.25, 0.3) is 0 Å². The highest BCUT2D eigenvalue weighted by Gasteiger charge is 1.58. The van der Waals surface area contributed by atoms with Crippen LogP contribution in [0.1, 0.15) is 0 Å². The molecule has 3 heteroatoms. The third kappa shape index (κ3) is 3.26. The maximum absolute atomic E-state index is 6.50. The molecule has 0 aromatic rings. The Kier molecular flexibility index (Phi) is 3.67. The molecule has 0 amide bonds. The molecule has 1 atom stereocenters. The van der Waals surface area contributed by atoms with Crippen LogP contribution in [0.2, 0.25) is 0 Å². The van der Waals surface area contributed by atoms with Crippen LogP contribution in [0, 0.1) is 0 Å². The van der Waals surface area contributed by atoms with Crippen molar-refractivity contribution in [2.75, 3.05) is 5.49 Å². The fraction of sp³-hybridized carbons (Fsp3) is 1.00. The maximum Gasteiger partial charge on any atom is 0.103 e. The second kappa shape index (κ2) is 4.26. The van der Waals surface area contributed by atoms with Crippen molar-refractivity contribution in [2.24, 2.45) is 0 Å². The Morgan fingerprint density at radius 1 is 2.50 bits per heavy atom. The molecule has 0 aliphatic heterocycles. The van der Waals surface area contributed by atoms with E-state index in [4.69, 9.17) is 1.12 Å². The second-order valence-electron chi connectivity index (χ2n) is 0.278. The standard InChI is InChI=1S/CH4BrPS/c2-3-1-4/h3-4H,1H2/i/hD. The SMILES string of the molecule is [2H]SCPBr. The summed E-state index contributed by atoms with van der Waals surface area (Å²) in [4.78, 5) is 0. The van der Waals surface area contributed by atoms with Crippen LogP contribution >= 0.6 is 35.3 Å². The molecular formula is CH4BrPS. The molecule has 0 rings (SSSR count). The van der Waals surface area contributed by atoms with Crippen molar-refractivity contribution in [1.82, 2.24) is 0 Å². The van der Waals surface area contributed by atoms with E-state index in [9.17, 15) is 0 Å². The first kappa shape index (κ1) is 3.45. The average Bonchev–Trinajstić information content (AvgIpc) is 1.41. The molecule has 4 heavy (non-hydrogen) atoms. The Balaban J connectivity index is 2.19. The Labute approximate surface area is 42.4 Å². The van der Waals surface area contributed by atoms with Gasteiger partial charge in [0.15, 0.2) is 0 Å². The summed E-state index contributed by atoms with van der Waals surface area (Å²) in [5.74, 6) is 0. The fourth-order valence-electron chi connectivity index (χ4n) is 0. The molecule has 0 fully saturated rings. The lowest BCUT2D eigenvalue weighted by atomic mass is 11.9. The van der Waals surface area contributed by atoms with E-state index in [-0.39, 0.29) is 0 Å². The van der Waals surface area contributed by atoms with Crippen molar-refractivity contribution in [3.8, 4) is 0 Å². The van der Waals surface area contributed by atoms with E-state index in [0.717, 1.165) is 25.3 Å². The summed E-state index contributed by atoms with van der Waals surface area (Å²) in [6.07, 6.45) is 0. The van der Waals surface area contributed by atoms with Crippen LogP contribution in [-0.4, -0.2) is 6.62 Å². The minimum atomic E-state index is 0.746. The van der Waals surface area contributed by atoms with E-state index in [2.05, 4.69) is 15.5 Å². The normalized spacial score (nSPS) is 13.8. The van der Waals surface area contributed by atoms with Crippen LogP contribution in [-0.2, 0) is 0 Å². The maximum atomic E-state index is 6.50. The molecule has 0 saturated heterocycles. The molecule has 0 N–H and O–H groups in total. The molecule has 0 aliphatic rings. The van der Waals surface area contributed by atoms with E-state index < -0.39 is 0 Å². The quantitative estimate of drug-likeness (QED) is 0.462. The predicted octanol–water partition coefficient (Wildman–Crippen LogP) is 1.86. The highest BCUT2D eigenvalue weighted by atomic mass is 79.9. The number of hydrogen-bond acceptors (Lipinski definition) is 1. The van der Waals surface area contributed by atoms with Crippen molar-refractivity contribution in [1.29, 1.82) is 1.12 Å². The van der Waals surface area contributed by atoms with Crippen LogP contribution in [0.15, 0.2) is 0 Å². The van der Waals surface area contributed by atoms with Crippen molar-refractivity contribution in [3.63, 3.8) is 0 Å². The van der Waals surface area contributed by atoms with E-state index in [0.29, 0.717) is 0 Å². The Morgan fingerprint density at radius 3 is 3.25 bits per heavy atom. The smallest absolute Gasteiger partial charge is 0.103 e. The van der Waals surface area contributed by atoms with Gasteiger partial charge >= 0.3 is 0 Å². The number of rotatable bonds is 2. The molecule has 0 aromatic carbocycles.